The van der Waals surface area contributed by atoms with E-state index >= 15 is 0 Å². The summed E-state index contributed by atoms with van der Waals surface area (Å²) in [4.78, 5) is 0. The number of anilines is 1. The van der Waals surface area contributed by atoms with E-state index in [1.165, 1.54) is 0 Å². The van der Waals surface area contributed by atoms with E-state index in [0.717, 1.165) is 16.9 Å². The first kappa shape index (κ1) is 6.09. The molecule has 0 atom stereocenters. The Labute approximate surface area is 71.3 Å². The molecule has 2 N–H and O–H groups in total. The Morgan fingerprint density at radius 2 is 2.40 bits per heavy atom. The van der Waals surface area contributed by atoms with Crippen LogP contribution in [0.2, 0.25) is 0 Å². The van der Waals surface area contributed by atoms with Gasteiger partial charge in [-0.05, 0) is 0 Å². The van der Waals surface area contributed by atoms with Crippen LogP contribution in [0.5, 0.6) is 0 Å². The van der Waals surface area contributed by atoms with Crippen molar-refractivity contribution in [2.45, 2.75) is 0 Å². The molecule has 0 fully saturated rings. The zero-order chi connectivity index (χ0) is 7.14. The van der Waals surface area contributed by atoms with E-state index in [4.69, 9.17) is 10.2 Å². The number of hydrogen-bond acceptors (Lipinski definition) is 2. The van der Waals surface area contributed by atoms with Gasteiger partial charge in [0.25, 0.3) is 0 Å². The summed E-state index contributed by atoms with van der Waals surface area (Å²) >= 11 is 2.13. The normalized spacial score (nSPS) is 10.9. The summed E-state index contributed by atoms with van der Waals surface area (Å²) in [6, 6.07) is 3.69. The molecule has 0 saturated carbocycles. The summed E-state index contributed by atoms with van der Waals surface area (Å²) in [6.45, 7) is 0. The fourth-order valence-electron chi connectivity index (χ4n) is 0.915. The largest absolute Gasteiger partial charge is 0.463 e. The van der Waals surface area contributed by atoms with Crippen LogP contribution in [0.25, 0.3) is 11.1 Å². The maximum Gasteiger partial charge on any atom is 0.154 e. The van der Waals surface area contributed by atoms with E-state index in [1.807, 2.05) is 14.9 Å². The van der Waals surface area contributed by atoms with Gasteiger partial charge in [-0.25, -0.2) is 0 Å². The van der Waals surface area contributed by atoms with E-state index in [2.05, 4.69) is 22.9 Å². The summed E-state index contributed by atoms with van der Waals surface area (Å²) in [5, 5.41) is 0. The minimum Gasteiger partial charge on any atom is -0.463 e. The fraction of sp³-hybridized carbons (Fsp3) is 0. The monoisotopic (exact) mass is 248 g/mol. The Kier molecular flexibility index (Phi) is 1.17. The van der Waals surface area contributed by atoms with Crippen LogP contribution >= 0.6 is 22.9 Å². The maximum absolute atomic E-state index is 5.59. The fourth-order valence-corrected chi connectivity index (χ4v) is 1.45. The third-order valence-electron chi connectivity index (χ3n) is 1.39. The number of nitrogens with two attached hydrogens (primary N) is 1. The Hall–Kier alpha value is -0.650. The van der Waals surface area contributed by atoms with E-state index in [1.54, 1.807) is 6.26 Å². The van der Waals surface area contributed by atoms with Crippen molar-refractivity contribution in [1.29, 1.82) is 0 Å². The van der Waals surface area contributed by atoms with Crippen molar-refractivity contribution < 1.29 is 4.42 Å². The van der Waals surface area contributed by atoms with Crippen molar-refractivity contribution in [1.82, 2.24) is 2.78 Å². The first-order chi connectivity index (χ1) is 4.79. The number of fused-ring (bicyclic) bond motifs is 1. The summed E-state index contributed by atoms with van der Waals surface area (Å²) < 4.78 is 6.97. The van der Waals surface area contributed by atoms with Crippen LogP contribution < -0.4 is 5.73 Å². The second-order valence-electron chi connectivity index (χ2n) is 2.02. The van der Waals surface area contributed by atoms with Gasteiger partial charge in [-0.15, -0.1) is 0 Å². The van der Waals surface area contributed by atoms with Gasteiger partial charge in [0.05, 0.1) is 34.6 Å². The van der Waals surface area contributed by atoms with Crippen LogP contribution in [-0.4, -0.2) is 2.78 Å². The molecular formula is C6H5IN2O. The average Bonchev–Trinajstić information content (AvgIpc) is 2.41. The van der Waals surface area contributed by atoms with Crippen LogP contribution in [0.4, 0.5) is 5.82 Å². The van der Waals surface area contributed by atoms with Gasteiger partial charge < -0.3 is 10.2 Å². The van der Waals surface area contributed by atoms with Crippen LogP contribution in [0.15, 0.2) is 22.8 Å². The molecule has 52 valence electrons. The zero-order valence-electron chi connectivity index (χ0n) is 5.04. The molecule has 2 rings (SSSR count). The molecule has 0 aromatic carbocycles. The van der Waals surface area contributed by atoms with Gasteiger partial charge in [0.15, 0.2) is 5.58 Å². The Balaban J connectivity index is 2.95. The van der Waals surface area contributed by atoms with Gasteiger partial charge in [-0.3, -0.25) is 2.78 Å². The Morgan fingerprint density at radius 1 is 1.60 bits per heavy atom. The Morgan fingerprint density at radius 3 is 3.10 bits per heavy atom. The molecule has 0 saturated heterocycles. The molecule has 0 spiro atoms. The first-order valence-electron chi connectivity index (χ1n) is 2.79. The number of aromatic nitrogens is 1. The molecule has 0 aliphatic heterocycles. The molecule has 0 aliphatic rings. The second-order valence-corrected chi connectivity index (χ2v) is 2.98. The highest BCUT2D eigenvalue weighted by molar-refractivity contribution is 14.1. The topological polar surface area (TPSA) is 44.1 Å². The maximum atomic E-state index is 5.59. The lowest BCUT2D eigenvalue weighted by Gasteiger charge is -1.89. The van der Waals surface area contributed by atoms with Crippen LogP contribution in [0.1, 0.15) is 0 Å². The standard InChI is InChI=1S/C6H5IN2O/c7-9-4-1-2-10-5(4)3-6(9)8/h1-3H,8H2. The molecule has 2 aromatic heterocycles. The van der Waals surface area contributed by atoms with Crippen molar-refractivity contribution in [3.05, 3.63) is 18.4 Å². The van der Waals surface area contributed by atoms with Crippen molar-refractivity contribution in [2.75, 3.05) is 5.73 Å². The molecule has 3 nitrogen and oxygen atoms in total. The minimum atomic E-state index is 0.718. The van der Waals surface area contributed by atoms with Crippen molar-refractivity contribution in [3.8, 4) is 0 Å². The van der Waals surface area contributed by atoms with Crippen molar-refractivity contribution in [2.24, 2.45) is 0 Å². The van der Waals surface area contributed by atoms with Crippen LogP contribution in [0, 0.1) is 0 Å². The summed E-state index contributed by atoms with van der Waals surface area (Å²) in [5.74, 6) is 0.718. The molecule has 0 amide bonds. The zero-order valence-corrected chi connectivity index (χ0v) is 7.20. The molecule has 0 aliphatic carbocycles. The lowest BCUT2D eigenvalue weighted by molar-refractivity contribution is 0.616. The molecule has 0 bridgehead atoms. The lowest BCUT2D eigenvalue weighted by atomic mass is 10.5. The number of nitrogen functional groups attached to an aromatic ring is 1. The molecule has 0 radical (unpaired) electrons. The van der Waals surface area contributed by atoms with Gasteiger partial charge >= 0.3 is 0 Å². The van der Waals surface area contributed by atoms with Crippen LogP contribution in [0.3, 0.4) is 0 Å². The molecule has 2 aromatic rings. The van der Waals surface area contributed by atoms with Gasteiger partial charge in [-0.2, -0.15) is 0 Å². The van der Waals surface area contributed by atoms with Crippen molar-refractivity contribution in [3.63, 3.8) is 0 Å². The SMILES string of the molecule is Nc1cc2occc2n1I. The molecule has 0 unspecified atom stereocenters. The van der Waals surface area contributed by atoms with Gasteiger partial charge in [0, 0.05) is 12.1 Å². The van der Waals surface area contributed by atoms with E-state index in [0.29, 0.717) is 0 Å². The lowest BCUT2D eigenvalue weighted by Crippen LogP contribution is -1.87. The highest BCUT2D eigenvalue weighted by Crippen LogP contribution is 2.24. The summed E-state index contributed by atoms with van der Waals surface area (Å²) in [5.41, 5.74) is 7.46. The van der Waals surface area contributed by atoms with Crippen LogP contribution in [-0.2, 0) is 0 Å². The quantitative estimate of drug-likeness (QED) is 0.724. The van der Waals surface area contributed by atoms with E-state index < -0.39 is 0 Å². The Bertz CT molecular complexity index is 363. The number of rotatable bonds is 0. The number of hydrogen-bond donors (Lipinski definition) is 1. The second kappa shape index (κ2) is 1.91. The predicted octanol–water partition coefficient (Wildman–Crippen LogP) is 2.01. The van der Waals surface area contributed by atoms with Gasteiger partial charge in [-0.1, -0.05) is 0 Å². The number of nitrogens with zero attached hydrogens (tertiary/aromatic N) is 1. The van der Waals surface area contributed by atoms with E-state index in [9.17, 15) is 0 Å². The van der Waals surface area contributed by atoms with Gasteiger partial charge in [0.2, 0.25) is 0 Å². The molecular weight excluding hydrogens is 243 g/mol. The molecule has 4 heteroatoms. The summed E-state index contributed by atoms with van der Waals surface area (Å²) in [7, 11) is 0. The minimum absolute atomic E-state index is 0.718. The highest BCUT2D eigenvalue weighted by Gasteiger charge is 2.04. The predicted molar refractivity (Wildman–Crippen MR) is 48.0 cm³/mol. The third-order valence-corrected chi connectivity index (χ3v) is 2.47. The van der Waals surface area contributed by atoms with Crippen molar-refractivity contribution >= 4 is 39.8 Å². The molecule has 2 heterocycles. The average molecular weight is 248 g/mol. The third kappa shape index (κ3) is 0.650. The summed E-state index contributed by atoms with van der Waals surface area (Å²) in [6.07, 6.45) is 1.65. The highest BCUT2D eigenvalue weighted by atomic mass is 127. The first-order valence-corrected chi connectivity index (χ1v) is 3.76. The number of furan rings is 1. The molecule has 10 heavy (non-hydrogen) atoms. The number of halogens is 1. The smallest absolute Gasteiger partial charge is 0.154 e. The van der Waals surface area contributed by atoms with Gasteiger partial charge in [0.1, 0.15) is 5.82 Å². The van der Waals surface area contributed by atoms with E-state index in [-0.39, 0.29) is 0 Å².